The number of aliphatic hydroxyl groups is 2. The maximum absolute atomic E-state index is 11.3. The lowest BCUT2D eigenvalue weighted by molar-refractivity contribution is -0.138. The van der Waals surface area contributed by atoms with Gasteiger partial charge in [0.05, 0.1) is 13.0 Å². The Morgan fingerprint density at radius 1 is 1.12 bits per heavy atom. The molecule has 0 aliphatic heterocycles. The molecular weight excluding hydrogens is 320 g/mol. The van der Waals surface area contributed by atoms with E-state index in [9.17, 15) is 14.7 Å². The molecule has 0 bridgehead atoms. The number of rotatable bonds is 10. The van der Waals surface area contributed by atoms with Gasteiger partial charge in [-0.1, -0.05) is 13.8 Å². The topological polar surface area (TPSA) is 137 Å². The third-order valence-electron chi connectivity index (χ3n) is 3.21. The van der Waals surface area contributed by atoms with Gasteiger partial charge in [0.1, 0.15) is 18.6 Å². The van der Waals surface area contributed by atoms with Crippen LogP contribution < -0.4 is 10.6 Å². The molecule has 0 saturated heterocycles. The third-order valence-corrected chi connectivity index (χ3v) is 3.21. The minimum absolute atomic E-state index is 0.0350. The van der Waals surface area contributed by atoms with Crippen LogP contribution in [0.5, 0.6) is 0 Å². The van der Waals surface area contributed by atoms with Crippen molar-refractivity contribution in [3.05, 3.63) is 0 Å². The molecule has 0 saturated carbocycles. The maximum Gasteiger partial charge on any atom is 0.305 e. The number of aliphatic hydroxyl groups excluding tert-OH is 2. The Hall–Kier alpha value is -1.26. The number of amides is 1. The van der Waals surface area contributed by atoms with Crippen molar-refractivity contribution in [2.24, 2.45) is 5.41 Å². The zero-order valence-corrected chi connectivity index (χ0v) is 15.3. The number of aliphatic carboxylic acids is 1. The summed E-state index contributed by atoms with van der Waals surface area (Å²) in [6.07, 6.45) is -1.44. The summed E-state index contributed by atoms with van der Waals surface area (Å²) >= 11 is 0. The van der Waals surface area contributed by atoms with Crippen LogP contribution in [0.3, 0.4) is 0 Å². The van der Waals surface area contributed by atoms with Gasteiger partial charge in [0.2, 0.25) is 5.91 Å². The quantitative estimate of drug-likeness (QED) is 0.332. The van der Waals surface area contributed by atoms with Gasteiger partial charge in [-0.15, -0.1) is 0 Å². The number of carboxylic acid groups (broad SMARTS) is 1. The average Bonchev–Trinajstić information content (AvgIpc) is 2.53. The number of carboxylic acids is 1. The van der Waals surface area contributed by atoms with Crippen molar-refractivity contribution in [3.8, 4) is 0 Å². The smallest absolute Gasteiger partial charge is 0.305 e. The fraction of sp³-hybridized carbons (Fsp3) is 0.867. The molecule has 3 atom stereocenters. The molecule has 0 spiro atoms. The molecule has 9 heteroatoms. The predicted octanol–water partition coefficient (Wildman–Crippen LogP) is -0.482. The van der Waals surface area contributed by atoms with Crippen LogP contribution >= 0.6 is 0 Å². The minimum atomic E-state index is -1.35. The zero-order chi connectivity index (χ0) is 19.3. The molecule has 0 heterocycles. The van der Waals surface area contributed by atoms with E-state index >= 15 is 0 Å². The fourth-order valence-corrected chi connectivity index (χ4v) is 1.30. The summed E-state index contributed by atoms with van der Waals surface area (Å²) in [4.78, 5) is 21.4. The molecule has 0 aliphatic carbocycles. The van der Waals surface area contributed by atoms with Crippen LogP contribution in [0.25, 0.3) is 0 Å². The Labute approximate surface area is 143 Å². The predicted molar refractivity (Wildman–Crippen MR) is 88.2 cm³/mol. The number of methoxy groups -OCH3 is 2. The van der Waals surface area contributed by atoms with Gasteiger partial charge in [-0.3, -0.25) is 14.9 Å². The molecule has 24 heavy (non-hydrogen) atoms. The van der Waals surface area contributed by atoms with E-state index in [1.807, 2.05) is 13.8 Å². The standard InChI is InChI=1S/C9H17NO5.C6H15NO2/c1-9(2,5-11)7(14)8(15)10-4-3-6(12)13;1-5(8-3)7-6(2)9-4/h7,11,14H,3-5H2,1-2H3,(H,10,15)(H,12,13);5-7H,1-4H3/t7-;/m0./s1. The average molecular weight is 352 g/mol. The highest BCUT2D eigenvalue weighted by atomic mass is 16.5. The number of hydrogen-bond donors (Lipinski definition) is 5. The first kappa shape index (κ1) is 25.0. The summed E-state index contributed by atoms with van der Waals surface area (Å²) in [6, 6.07) is 0. The van der Waals surface area contributed by atoms with Gasteiger partial charge in [0, 0.05) is 26.2 Å². The molecule has 0 aromatic heterocycles. The van der Waals surface area contributed by atoms with Crippen LogP contribution in [0.4, 0.5) is 0 Å². The molecule has 144 valence electrons. The van der Waals surface area contributed by atoms with Gasteiger partial charge in [-0.25, -0.2) is 0 Å². The van der Waals surface area contributed by atoms with Gasteiger partial charge in [0.25, 0.3) is 0 Å². The maximum atomic E-state index is 11.3. The Bertz CT molecular complexity index is 356. The van der Waals surface area contributed by atoms with E-state index in [2.05, 4.69) is 10.6 Å². The molecule has 0 aliphatic rings. The number of carbonyl (C=O) groups excluding carboxylic acids is 1. The first-order chi connectivity index (χ1) is 11.0. The van der Waals surface area contributed by atoms with Gasteiger partial charge >= 0.3 is 5.97 Å². The largest absolute Gasteiger partial charge is 0.481 e. The van der Waals surface area contributed by atoms with Crippen LogP contribution in [0.2, 0.25) is 0 Å². The Balaban J connectivity index is 0. The van der Waals surface area contributed by atoms with Gasteiger partial charge in [-0.05, 0) is 13.8 Å². The normalized spacial score (nSPS) is 14.8. The Kier molecular flexibility index (Phi) is 13.6. The fourth-order valence-electron chi connectivity index (χ4n) is 1.30. The summed E-state index contributed by atoms with van der Waals surface area (Å²) in [6.45, 7) is 6.56. The van der Waals surface area contributed by atoms with E-state index in [4.69, 9.17) is 19.7 Å². The second kappa shape index (κ2) is 13.1. The summed E-state index contributed by atoms with van der Waals surface area (Å²) in [5.41, 5.74) is -0.937. The van der Waals surface area contributed by atoms with Crippen molar-refractivity contribution in [1.82, 2.24) is 10.6 Å². The highest BCUT2D eigenvalue weighted by Crippen LogP contribution is 2.19. The van der Waals surface area contributed by atoms with Crippen molar-refractivity contribution >= 4 is 11.9 Å². The number of hydrogen-bond acceptors (Lipinski definition) is 7. The van der Waals surface area contributed by atoms with Crippen molar-refractivity contribution in [2.45, 2.75) is 52.7 Å². The van der Waals surface area contributed by atoms with Gasteiger partial charge in [0.15, 0.2) is 0 Å². The van der Waals surface area contributed by atoms with E-state index in [1.165, 1.54) is 13.8 Å². The second-order valence-corrected chi connectivity index (χ2v) is 5.91. The van der Waals surface area contributed by atoms with Crippen LogP contribution in [-0.4, -0.2) is 73.1 Å². The van der Waals surface area contributed by atoms with Crippen LogP contribution in [0.1, 0.15) is 34.1 Å². The van der Waals surface area contributed by atoms with E-state index in [0.29, 0.717) is 0 Å². The molecule has 0 rings (SSSR count). The van der Waals surface area contributed by atoms with Crippen molar-refractivity contribution < 1.29 is 34.4 Å². The lowest BCUT2D eigenvalue weighted by Crippen LogP contribution is -2.45. The van der Waals surface area contributed by atoms with Gasteiger partial charge < -0.3 is 30.1 Å². The third kappa shape index (κ3) is 12.2. The number of carbonyl (C=O) groups is 2. The number of nitrogens with one attached hydrogen (secondary N) is 2. The summed E-state index contributed by atoms with van der Waals surface area (Å²) in [7, 11) is 3.31. The number of ether oxygens (including phenoxy) is 2. The lowest BCUT2D eigenvalue weighted by atomic mass is 9.87. The van der Waals surface area contributed by atoms with E-state index < -0.39 is 23.4 Å². The Morgan fingerprint density at radius 2 is 1.58 bits per heavy atom. The molecular formula is C15H32N2O7. The Morgan fingerprint density at radius 3 is 1.92 bits per heavy atom. The van der Waals surface area contributed by atoms with Crippen molar-refractivity contribution in [3.63, 3.8) is 0 Å². The first-order valence-corrected chi connectivity index (χ1v) is 7.61. The van der Waals surface area contributed by atoms with E-state index in [0.717, 1.165) is 0 Å². The first-order valence-electron chi connectivity index (χ1n) is 7.61. The zero-order valence-electron chi connectivity index (χ0n) is 15.3. The second-order valence-electron chi connectivity index (χ2n) is 5.91. The summed E-state index contributed by atoms with van der Waals surface area (Å²) in [5.74, 6) is -1.69. The molecule has 0 aromatic carbocycles. The van der Waals surface area contributed by atoms with E-state index in [1.54, 1.807) is 14.2 Å². The highest BCUT2D eigenvalue weighted by molar-refractivity contribution is 5.81. The van der Waals surface area contributed by atoms with Crippen LogP contribution in [0.15, 0.2) is 0 Å². The SMILES string of the molecule is CC(C)(CO)[C@@H](O)C(=O)NCCC(=O)O.COC(C)NC(C)OC. The lowest BCUT2D eigenvalue weighted by Gasteiger charge is -2.26. The molecule has 1 amide bonds. The molecule has 9 nitrogen and oxygen atoms in total. The van der Waals surface area contributed by atoms with Crippen LogP contribution in [0, 0.1) is 5.41 Å². The summed E-state index contributed by atoms with van der Waals surface area (Å²) < 4.78 is 9.86. The highest BCUT2D eigenvalue weighted by Gasteiger charge is 2.32. The van der Waals surface area contributed by atoms with Crippen LogP contribution in [-0.2, 0) is 19.1 Å². The molecule has 0 aromatic rings. The van der Waals surface area contributed by atoms with Gasteiger partial charge in [-0.2, -0.15) is 0 Å². The molecule has 2 unspecified atom stereocenters. The molecule has 5 N–H and O–H groups in total. The van der Waals surface area contributed by atoms with E-state index in [-0.39, 0.29) is 32.0 Å². The monoisotopic (exact) mass is 352 g/mol. The molecule has 0 fully saturated rings. The minimum Gasteiger partial charge on any atom is -0.481 e. The molecule has 0 radical (unpaired) electrons. The van der Waals surface area contributed by atoms with Crippen molar-refractivity contribution in [2.75, 3.05) is 27.4 Å². The summed E-state index contributed by atoms with van der Waals surface area (Å²) in [5, 5.41) is 32.0. The van der Waals surface area contributed by atoms with Crippen molar-refractivity contribution in [1.29, 1.82) is 0 Å².